The van der Waals surface area contributed by atoms with Crippen LogP contribution in [0.5, 0.6) is 5.75 Å². The molecule has 1 saturated heterocycles. The van der Waals surface area contributed by atoms with Crippen molar-refractivity contribution in [2.75, 3.05) is 35.4 Å². The predicted molar refractivity (Wildman–Crippen MR) is 170 cm³/mol. The van der Waals surface area contributed by atoms with Gasteiger partial charge in [-0.2, -0.15) is 0 Å². The van der Waals surface area contributed by atoms with Crippen LogP contribution in [-0.4, -0.2) is 51.0 Å². The smallest absolute Gasteiger partial charge is 0.264 e. The summed E-state index contributed by atoms with van der Waals surface area (Å²) in [4.78, 5) is 17.8. The normalized spacial score (nSPS) is 16.2. The quantitative estimate of drug-likeness (QED) is 0.256. The molecule has 6 rings (SSSR count). The van der Waals surface area contributed by atoms with Crippen LogP contribution in [0.4, 0.5) is 11.4 Å². The van der Waals surface area contributed by atoms with Crippen molar-refractivity contribution in [3.05, 3.63) is 120 Å². The lowest BCUT2D eigenvalue weighted by Crippen LogP contribution is -2.48. The van der Waals surface area contributed by atoms with Crippen molar-refractivity contribution in [1.82, 2.24) is 4.90 Å². The van der Waals surface area contributed by atoms with Gasteiger partial charge in [0.2, 0.25) is 0 Å². The third kappa shape index (κ3) is 6.25. The van der Waals surface area contributed by atoms with Crippen LogP contribution in [0.25, 0.3) is 0 Å². The number of hydrogen-bond donors (Lipinski definition) is 0. The van der Waals surface area contributed by atoms with Gasteiger partial charge in [0.1, 0.15) is 11.4 Å². The number of sulfonamides is 1. The average molecular weight is 596 g/mol. The maximum atomic E-state index is 14.2. The zero-order valence-electron chi connectivity index (χ0n) is 24.6. The van der Waals surface area contributed by atoms with E-state index in [1.165, 1.54) is 4.31 Å². The standard InChI is InChI=1S/C35H37N3O4S/c1-35(2)20-19-29-25-32(17-18-33(29)42-35)43(40,41)38(26-27-9-5-3-6-10-27)31-15-13-28(14-16-31)34(39)37-23-21-36(22-24-37)30-11-7-4-8-12-30/h3-18,25H,19-24,26H2,1-2H3. The minimum atomic E-state index is -3.92. The first-order valence-corrected chi connectivity index (χ1v) is 16.2. The van der Waals surface area contributed by atoms with Crippen LogP contribution >= 0.6 is 0 Å². The lowest BCUT2D eigenvalue weighted by Gasteiger charge is -2.36. The SMILES string of the molecule is CC1(C)CCc2cc(S(=O)(=O)N(Cc3ccccc3)c3ccc(C(=O)N4CCN(c5ccccc5)CC4)cc3)ccc2O1. The van der Waals surface area contributed by atoms with E-state index >= 15 is 0 Å². The topological polar surface area (TPSA) is 70.2 Å². The molecule has 8 heteroatoms. The highest BCUT2D eigenvalue weighted by molar-refractivity contribution is 7.92. The molecule has 0 aliphatic carbocycles. The Bertz CT molecular complexity index is 1680. The highest BCUT2D eigenvalue weighted by Crippen LogP contribution is 2.36. The van der Waals surface area contributed by atoms with Gasteiger partial charge in [-0.3, -0.25) is 9.10 Å². The van der Waals surface area contributed by atoms with E-state index in [4.69, 9.17) is 4.74 Å². The number of rotatable bonds is 7. The molecule has 0 saturated carbocycles. The molecule has 0 aromatic heterocycles. The predicted octanol–water partition coefficient (Wildman–Crippen LogP) is 6.15. The molecule has 0 unspecified atom stereocenters. The Morgan fingerprint density at radius 2 is 1.49 bits per heavy atom. The molecule has 1 amide bonds. The number of para-hydroxylation sites is 1. The van der Waals surface area contributed by atoms with Gasteiger partial charge in [-0.25, -0.2) is 8.42 Å². The first kappa shape index (κ1) is 28.8. The second-order valence-corrected chi connectivity index (χ2v) is 13.7. The van der Waals surface area contributed by atoms with Crippen LogP contribution in [0.1, 0.15) is 41.8 Å². The van der Waals surface area contributed by atoms with E-state index in [9.17, 15) is 13.2 Å². The van der Waals surface area contributed by atoms with Gasteiger partial charge in [0.25, 0.3) is 15.9 Å². The van der Waals surface area contributed by atoms with Crippen molar-refractivity contribution in [1.29, 1.82) is 0 Å². The number of hydrogen-bond acceptors (Lipinski definition) is 5. The van der Waals surface area contributed by atoms with E-state index in [0.29, 0.717) is 24.3 Å². The van der Waals surface area contributed by atoms with Crippen LogP contribution in [0.2, 0.25) is 0 Å². The van der Waals surface area contributed by atoms with Crippen molar-refractivity contribution in [3.8, 4) is 5.75 Å². The summed E-state index contributed by atoms with van der Waals surface area (Å²) < 4.78 is 35.9. The molecule has 2 heterocycles. The van der Waals surface area contributed by atoms with Crippen molar-refractivity contribution >= 4 is 27.3 Å². The van der Waals surface area contributed by atoms with Crippen LogP contribution in [-0.2, 0) is 23.0 Å². The summed E-state index contributed by atoms with van der Waals surface area (Å²) in [5.41, 5.74) is 3.70. The molecule has 1 fully saturated rings. The van der Waals surface area contributed by atoms with Crippen molar-refractivity contribution in [3.63, 3.8) is 0 Å². The number of carbonyl (C=O) groups excluding carboxylic acids is 1. The summed E-state index contributed by atoms with van der Waals surface area (Å²) in [5.74, 6) is 0.687. The summed E-state index contributed by atoms with van der Waals surface area (Å²) in [6.07, 6.45) is 1.56. The minimum Gasteiger partial charge on any atom is -0.488 e. The van der Waals surface area contributed by atoms with Gasteiger partial charge in [0.05, 0.1) is 17.1 Å². The van der Waals surface area contributed by atoms with E-state index < -0.39 is 10.0 Å². The van der Waals surface area contributed by atoms with Crippen molar-refractivity contribution in [2.24, 2.45) is 0 Å². The summed E-state index contributed by atoms with van der Waals surface area (Å²) in [6.45, 7) is 7.04. The fourth-order valence-corrected chi connectivity index (χ4v) is 7.25. The molecular weight excluding hydrogens is 558 g/mol. The Balaban J connectivity index is 1.23. The molecule has 0 bridgehead atoms. The van der Waals surface area contributed by atoms with E-state index in [0.717, 1.165) is 48.5 Å². The zero-order valence-corrected chi connectivity index (χ0v) is 25.5. The van der Waals surface area contributed by atoms with Crippen molar-refractivity contribution in [2.45, 2.75) is 43.7 Å². The monoisotopic (exact) mass is 595 g/mol. The number of fused-ring (bicyclic) bond motifs is 1. The number of benzene rings is 4. The third-order valence-corrected chi connectivity index (χ3v) is 10.0. The molecule has 4 aromatic carbocycles. The van der Waals surface area contributed by atoms with Crippen LogP contribution < -0.4 is 13.9 Å². The highest BCUT2D eigenvalue weighted by atomic mass is 32.2. The molecule has 0 N–H and O–H groups in total. The fourth-order valence-electron chi connectivity index (χ4n) is 5.75. The van der Waals surface area contributed by atoms with Gasteiger partial charge in [0, 0.05) is 37.4 Å². The summed E-state index contributed by atoms with van der Waals surface area (Å²) in [7, 11) is -3.92. The zero-order chi connectivity index (χ0) is 30.0. The van der Waals surface area contributed by atoms with E-state index in [2.05, 4.69) is 17.0 Å². The molecule has 2 aliphatic rings. The molecule has 2 aliphatic heterocycles. The fraction of sp³-hybridized carbons (Fsp3) is 0.286. The lowest BCUT2D eigenvalue weighted by atomic mass is 9.94. The van der Waals surface area contributed by atoms with E-state index in [1.54, 1.807) is 42.5 Å². The van der Waals surface area contributed by atoms with Gasteiger partial charge in [-0.1, -0.05) is 48.5 Å². The second-order valence-electron chi connectivity index (χ2n) is 11.8. The van der Waals surface area contributed by atoms with Gasteiger partial charge < -0.3 is 14.5 Å². The van der Waals surface area contributed by atoms with Gasteiger partial charge in [0.15, 0.2) is 0 Å². The molecule has 7 nitrogen and oxygen atoms in total. The first-order chi connectivity index (χ1) is 20.7. The molecule has 4 aromatic rings. The molecule has 222 valence electrons. The summed E-state index contributed by atoms with van der Waals surface area (Å²) in [6, 6.07) is 31.8. The Kier molecular flexibility index (Phi) is 7.88. The number of carbonyl (C=O) groups is 1. The number of anilines is 2. The third-order valence-electron chi connectivity index (χ3n) is 8.26. The molecular formula is C35H37N3O4S. The Labute approximate surface area is 254 Å². The second kappa shape index (κ2) is 11.8. The maximum Gasteiger partial charge on any atom is 0.264 e. The van der Waals surface area contributed by atoms with Crippen LogP contribution in [0.3, 0.4) is 0 Å². The molecule has 0 spiro atoms. The molecule has 0 atom stereocenters. The Hall–Kier alpha value is -4.30. The van der Waals surface area contributed by atoms with Gasteiger partial charge in [-0.15, -0.1) is 0 Å². The van der Waals surface area contributed by atoms with Gasteiger partial charge >= 0.3 is 0 Å². The van der Waals surface area contributed by atoms with Gasteiger partial charge in [-0.05, 0) is 92.4 Å². The molecule has 0 radical (unpaired) electrons. The highest BCUT2D eigenvalue weighted by Gasteiger charge is 2.31. The minimum absolute atomic E-state index is 0.0469. The number of ether oxygens (including phenoxy) is 1. The number of aryl methyl sites for hydroxylation is 1. The maximum absolute atomic E-state index is 14.2. The summed E-state index contributed by atoms with van der Waals surface area (Å²) >= 11 is 0. The van der Waals surface area contributed by atoms with E-state index in [1.807, 2.05) is 67.3 Å². The number of nitrogens with zero attached hydrogens (tertiary/aromatic N) is 3. The van der Waals surface area contributed by atoms with Crippen LogP contribution in [0.15, 0.2) is 108 Å². The average Bonchev–Trinajstić information content (AvgIpc) is 3.03. The summed E-state index contributed by atoms with van der Waals surface area (Å²) in [5, 5.41) is 0. The largest absolute Gasteiger partial charge is 0.488 e. The Morgan fingerprint density at radius 3 is 2.16 bits per heavy atom. The number of piperazine rings is 1. The first-order valence-electron chi connectivity index (χ1n) is 14.8. The lowest BCUT2D eigenvalue weighted by molar-refractivity contribution is 0.0746. The molecule has 43 heavy (non-hydrogen) atoms. The van der Waals surface area contributed by atoms with Crippen molar-refractivity contribution < 1.29 is 17.9 Å². The number of amides is 1. The Morgan fingerprint density at radius 1 is 0.837 bits per heavy atom. The van der Waals surface area contributed by atoms with E-state index in [-0.39, 0.29) is 22.9 Å². The van der Waals surface area contributed by atoms with Crippen LogP contribution in [0, 0.1) is 0 Å².